The molecule has 160 valence electrons. The average molecular weight is 451 g/mol. The number of halogens is 2. The Morgan fingerprint density at radius 3 is 2.53 bits per heavy atom. The molecule has 1 aliphatic rings. The van der Waals surface area contributed by atoms with Gasteiger partial charge in [-0.2, -0.15) is 0 Å². The summed E-state index contributed by atoms with van der Waals surface area (Å²) in [5.41, 5.74) is 1.42. The highest BCUT2D eigenvalue weighted by Crippen LogP contribution is 2.32. The molecule has 1 saturated heterocycles. The summed E-state index contributed by atoms with van der Waals surface area (Å²) in [6.07, 6.45) is 0.287. The van der Waals surface area contributed by atoms with Crippen LogP contribution in [0.25, 0.3) is 0 Å². The van der Waals surface area contributed by atoms with Gasteiger partial charge >= 0.3 is 6.09 Å². The van der Waals surface area contributed by atoms with E-state index in [1.165, 1.54) is 0 Å². The SMILES string of the molecule is Cc1ccc(NC(=O)OCC2(C(=O)NCc3ccccc3Cl)CCOCC2)cc1Cl. The van der Waals surface area contributed by atoms with E-state index in [0.717, 1.165) is 11.1 Å². The Morgan fingerprint density at radius 1 is 1.10 bits per heavy atom. The number of benzene rings is 2. The van der Waals surface area contributed by atoms with Crippen molar-refractivity contribution in [3.63, 3.8) is 0 Å². The van der Waals surface area contributed by atoms with Gasteiger partial charge in [-0.1, -0.05) is 47.5 Å². The van der Waals surface area contributed by atoms with Crippen LogP contribution in [-0.4, -0.2) is 31.8 Å². The molecule has 3 rings (SSSR count). The molecular weight excluding hydrogens is 427 g/mol. The molecule has 1 fully saturated rings. The summed E-state index contributed by atoms with van der Waals surface area (Å²) >= 11 is 12.3. The van der Waals surface area contributed by atoms with E-state index in [0.29, 0.717) is 48.3 Å². The predicted octanol–water partition coefficient (Wildman–Crippen LogP) is 4.96. The van der Waals surface area contributed by atoms with Gasteiger partial charge in [0.25, 0.3) is 0 Å². The Balaban J connectivity index is 1.61. The topological polar surface area (TPSA) is 76.7 Å². The molecule has 0 aliphatic carbocycles. The Kier molecular flexibility index (Phi) is 7.58. The molecule has 8 heteroatoms. The van der Waals surface area contributed by atoms with Gasteiger partial charge in [-0.15, -0.1) is 0 Å². The Labute approximate surface area is 185 Å². The predicted molar refractivity (Wildman–Crippen MR) is 117 cm³/mol. The first-order valence-electron chi connectivity index (χ1n) is 9.69. The maximum Gasteiger partial charge on any atom is 0.411 e. The van der Waals surface area contributed by atoms with E-state index in [1.54, 1.807) is 24.3 Å². The van der Waals surface area contributed by atoms with Gasteiger partial charge in [0.1, 0.15) is 6.61 Å². The second kappa shape index (κ2) is 10.2. The number of amides is 2. The first-order chi connectivity index (χ1) is 14.4. The lowest BCUT2D eigenvalue weighted by molar-refractivity contribution is -0.140. The number of carbonyl (C=O) groups is 2. The van der Waals surface area contributed by atoms with Gasteiger partial charge in [0, 0.05) is 35.5 Å². The maximum absolute atomic E-state index is 13.0. The summed E-state index contributed by atoms with van der Waals surface area (Å²) in [5.74, 6) is -0.183. The minimum Gasteiger partial charge on any atom is -0.448 e. The number of rotatable bonds is 6. The quantitative estimate of drug-likeness (QED) is 0.651. The van der Waals surface area contributed by atoms with E-state index in [1.807, 2.05) is 25.1 Å². The zero-order valence-corrected chi connectivity index (χ0v) is 18.2. The summed E-state index contributed by atoms with van der Waals surface area (Å²) in [7, 11) is 0. The van der Waals surface area contributed by atoms with E-state index in [9.17, 15) is 9.59 Å². The lowest BCUT2D eigenvalue weighted by atomic mass is 9.80. The average Bonchev–Trinajstić information content (AvgIpc) is 2.75. The fourth-order valence-electron chi connectivity index (χ4n) is 3.23. The maximum atomic E-state index is 13.0. The summed E-state index contributed by atoms with van der Waals surface area (Å²) in [5, 5.41) is 6.71. The molecule has 0 saturated carbocycles. The standard InChI is InChI=1S/C22H24Cl2N2O4/c1-15-6-7-17(12-19(15)24)26-21(28)30-14-22(8-10-29-11-9-22)20(27)25-13-16-4-2-3-5-18(16)23/h2-7,12H,8-11,13-14H2,1H3,(H,25,27)(H,26,28). The summed E-state index contributed by atoms with van der Waals surface area (Å²) in [6, 6.07) is 12.5. The van der Waals surface area contributed by atoms with E-state index in [4.69, 9.17) is 32.7 Å². The largest absolute Gasteiger partial charge is 0.448 e. The number of nitrogens with one attached hydrogen (secondary N) is 2. The van der Waals surface area contributed by atoms with Gasteiger partial charge in [-0.25, -0.2) is 4.79 Å². The second-order valence-electron chi connectivity index (χ2n) is 7.33. The number of ether oxygens (including phenoxy) is 2. The molecule has 0 atom stereocenters. The molecule has 6 nitrogen and oxygen atoms in total. The Morgan fingerprint density at radius 2 is 1.83 bits per heavy atom. The number of carbonyl (C=O) groups excluding carboxylic acids is 2. The summed E-state index contributed by atoms with van der Waals surface area (Å²) in [4.78, 5) is 25.3. The summed E-state index contributed by atoms with van der Waals surface area (Å²) < 4.78 is 10.8. The molecule has 0 bridgehead atoms. The van der Waals surface area contributed by atoms with Crippen LogP contribution in [0, 0.1) is 12.3 Å². The molecule has 0 aromatic heterocycles. The van der Waals surface area contributed by atoms with Crippen LogP contribution < -0.4 is 10.6 Å². The van der Waals surface area contributed by atoms with Crippen LogP contribution in [-0.2, 0) is 20.8 Å². The van der Waals surface area contributed by atoms with Crippen LogP contribution in [0.4, 0.5) is 10.5 Å². The lowest BCUT2D eigenvalue weighted by Gasteiger charge is -2.35. The van der Waals surface area contributed by atoms with Crippen molar-refractivity contribution in [2.75, 3.05) is 25.1 Å². The first kappa shape index (κ1) is 22.4. The number of anilines is 1. The van der Waals surface area contributed by atoms with Crippen molar-refractivity contribution in [2.45, 2.75) is 26.3 Å². The van der Waals surface area contributed by atoms with Gasteiger partial charge in [0.2, 0.25) is 5.91 Å². The van der Waals surface area contributed by atoms with E-state index >= 15 is 0 Å². The van der Waals surface area contributed by atoms with Crippen LogP contribution in [0.1, 0.15) is 24.0 Å². The van der Waals surface area contributed by atoms with Crippen LogP contribution in [0.2, 0.25) is 10.0 Å². The van der Waals surface area contributed by atoms with Gasteiger partial charge in [0.05, 0.1) is 5.41 Å². The lowest BCUT2D eigenvalue weighted by Crippen LogP contribution is -2.48. The van der Waals surface area contributed by atoms with Crippen molar-refractivity contribution in [2.24, 2.45) is 5.41 Å². The third-order valence-corrected chi connectivity index (χ3v) is 6.00. The van der Waals surface area contributed by atoms with E-state index in [-0.39, 0.29) is 12.5 Å². The molecule has 2 amide bonds. The molecule has 1 aliphatic heterocycles. The normalized spacial score (nSPS) is 15.3. The van der Waals surface area contributed by atoms with Crippen LogP contribution in [0.3, 0.4) is 0 Å². The molecule has 0 radical (unpaired) electrons. The molecule has 30 heavy (non-hydrogen) atoms. The van der Waals surface area contributed by atoms with Crippen molar-refractivity contribution >= 4 is 40.9 Å². The van der Waals surface area contributed by atoms with Crippen molar-refractivity contribution in [3.8, 4) is 0 Å². The molecule has 2 aromatic carbocycles. The van der Waals surface area contributed by atoms with E-state index < -0.39 is 11.5 Å². The molecule has 1 heterocycles. The second-order valence-corrected chi connectivity index (χ2v) is 8.15. The number of hydrogen-bond donors (Lipinski definition) is 2. The van der Waals surface area contributed by atoms with Crippen molar-refractivity contribution in [3.05, 3.63) is 63.6 Å². The van der Waals surface area contributed by atoms with Crippen molar-refractivity contribution in [1.29, 1.82) is 0 Å². The van der Waals surface area contributed by atoms with E-state index in [2.05, 4.69) is 10.6 Å². The minimum atomic E-state index is -0.845. The third-order valence-electron chi connectivity index (χ3n) is 5.23. The highest BCUT2D eigenvalue weighted by Gasteiger charge is 2.41. The number of aryl methyl sites for hydroxylation is 1. The highest BCUT2D eigenvalue weighted by molar-refractivity contribution is 6.31. The van der Waals surface area contributed by atoms with Crippen molar-refractivity contribution < 1.29 is 19.1 Å². The smallest absolute Gasteiger partial charge is 0.411 e. The molecule has 0 unspecified atom stereocenters. The van der Waals surface area contributed by atoms with Crippen LogP contribution in [0.15, 0.2) is 42.5 Å². The third kappa shape index (κ3) is 5.65. The summed E-state index contributed by atoms with van der Waals surface area (Å²) in [6.45, 7) is 2.99. The molecule has 2 aromatic rings. The van der Waals surface area contributed by atoms with Gasteiger partial charge in [-0.05, 0) is 49.1 Å². The van der Waals surface area contributed by atoms with Gasteiger partial charge in [-0.3, -0.25) is 10.1 Å². The fourth-order valence-corrected chi connectivity index (χ4v) is 3.62. The zero-order valence-electron chi connectivity index (χ0n) is 16.7. The molecule has 2 N–H and O–H groups in total. The van der Waals surface area contributed by atoms with Gasteiger partial charge < -0.3 is 14.8 Å². The fraction of sp³-hybridized carbons (Fsp3) is 0.364. The van der Waals surface area contributed by atoms with Crippen molar-refractivity contribution in [1.82, 2.24) is 5.32 Å². The first-order valence-corrected chi connectivity index (χ1v) is 10.4. The van der Waals surface area contributed by atoms with Crippen LogP contribution >= 0.6 is 23.2 Å². The highest BCUT2D eigenvalue weighted by atomic mass is 35.5. The van der Waals surface area contributed by atoms with Gasteiger partial charge in [0.15, 0.2) is 0 Å². The monoisotopic (exact) mass is 450 g/mol. The number of hydrogen-bond acceptors (Lipinski definition) is 4. The van der Waals surface area contributed by atoms with Crippen LogP contribution in [0.5, 0.6) is 0 Å². The Bertz CT molecular complexity index is 914. The minimum absolute atomic E-state index is 0.0455. The molecule has 0 spiro atoms. The zero-order chi connectivity index (χ0) is 21.6. The Hall–Kier alpha value is -2.28. The molecular formula is C22H24Cl2N2O4.